The summed E-state index contributed by atoms with van der Waals surface area (Å²) in [4.78, 5) is 0. The molecule has 1 aromatic heterocycles. The van der Waals surface area contributed by atoms with E-state index in [1.807, 2.05) is 22.8 Å². The molecule has 1 heterocycles. The standard InChI is InChI=1S/C13H15BrClN3O/c1-9-10(4-3-5-11(9)14)13-17-16-12(8-15)18(13)6-7-19-2/h3-5H,6-8H2,1-2H3. The van der Waals surface area contributed by atoms with Crippen molar-refractivity contribution in [3.63, 3.8) is 0 Å². The average Bonchev–Trinajstić information content (AvgIpc) is 2.82. The van der Waals surface area contributed by atoms with Crippen molar-refractivity contribution >= 4 is 27.5 Å². The summed E-state index contributed by atoms with van der Waals surface area (Å²) in [5, 5.41) is 8.41. The van der Waals surface area contributed by atoms with E-state index in [0.717, 1.165) is 27.2 Å². The topological polar surface area (TPSA) is 39.9 Å². The van der Waals surface area contributed by atoms with Gasteiger partial charge in [0.15, 0.2) is 5.82 Å². The summed E-state index contributed by atoms with van der Waals surface area (Å²) in [5.41, 5.74) is 2.18. The molecule has 0 bridgehead atoms. The van der Waals surface area contributed by atoms with E-state index in [2.05, 4.69) is 33.1 Å². The summed E-state index contributed by atoms with van der Waals surface area (Å²) < 4.78 is 8.19. The zero-order chi connectivity index (χ0) is 13.8. The third-order valence-corrected chi connectivity index (χ3v) is 4.07. The van der Waals surface area contributed by atoms with Crippen LogP contribution in [0.5, 0.6) is 0 Å². The van der Waals surface area contributed by atoms with Crippen molar-refractivity contribution in [2.45, 2.75) is 19.3 Å². The van der Waals surface area contributed by atoms with Crippen LogP contribution in [0.25, 0.3) is 11.4 Å². The maximum absolute atomic E-state index is 5.91. The van der Waals surface area contributed by atoms with Crippen LogP contribution in [0, 0.1) is 6.92 Å². The number of hydrogen-bond donors (Lipinski definition) is 0. The van der Waals surface area contributed by atoms with E-state index < -0.39 is 0 Å². The monoisotopic (exact) mass is 343 g/mol. The molecule has 0 spiro atoms. The van der Waals surface area contributed by atoms with Gasteiger partial charge in [0, 0.05) is 23.7 Å². The van der Waals surface area contributed by atoms with E-state index in [4.69, 9.17) is 16.3 Å². The third kappa shape index (κ3) is 2.99. The molecule has 0 amide bonds. The first-order valence-corrected chi connectivity index (χ1v) is 7.24. The summed E-state index contributed by atoms with van der Waals surface area (Å²) in [6.07, 6.45) is 0. The number of halogens is 2. The summed E-state index contributed by atoms with van der Waals surface area (Å²) in [7, 11) is 1.68. The first kappa shape index (κ1) is 14.5. The van der Waals surface area contributed by atoms with Gasteiger partial charge in [-0.05, 0) is 18.6 Å². The van der Waals surface area contributed by atoms with E-state index in [0.29, 0.717) is 19.0 Å². The molecule has 0 aliphatic rings. The van der Waals surface area contributed by atoms with Crippen molar-refractivity contribution in [2.75, 3.05) is 13.7 Å². The Morgan fingerprint density at radius 2 is 2.16 bits per heavy atom. The van der Waals surface area contributed by atoms with E-state index in [1.165, 1.54) is 0 Å². The maximum atomic E-state index is 5.91. The van der Waals surface area contributed by atoms with Gasteiger partial charge in [0.25, 0.3) is 0 Å². The number of aromatic nitrogens is 3. The second-order valence-corrected chi connectivity index (χ2v) is 5.25. The zero-order valence-electron chi connectivity index (χ0n) is 10.9. The van der Waals surface area contributed by atoms with Crippen molar-refractivity contribution in [3.05, 3.63) is 34.1 Å². The SMILES string of the molecule is COCCn1c(CCl)nnc1-c1cccc(Br)c1C. The summed E-state index contributed by atoms with van der Waals surface area (Å²) in [6.45, 7) is 3.34. The van der Waals surface area contributed by atoms with Crippen LogP contribution in [0.4, 0.5) is 0 Å². The van der Waals surface area contributed by atoms with Crippen LogP contribution in [0.2, 0.25) is 0 Å². The minimum atomic E-state index is 0.337. The lowest BCUT2D eigenvalue weighted by Crippen LogP contribution is -2.09. The first-order valence-electron chi connectivity index (χ1n) is 5.91. The fourth-order valence-electron chi connectivity index (χ4n) is 1.90. The van der Waals surface area contributed by atoms with E-state index in [9.17, 15) is 0 Å². The Labute approximate surface area is 125 Å². The average molecular weight is 345 g/mol. The molecule has 19 heavy (non-hydrogen) atoms. The number of methoxy groups -OCH3 is 1. The highest BCUT2D eigenvalue weighted by Gasteiger charge is 2.15. The molecule has 0 saturated carbocycles. The van der Waals surface area contributed by atoms with Crippen LogP contribution in [-0.2, 0) is 17.2 Å². The van der Waals surface area contributed by atoms with Gasteiger partial charge in [-0.25, -0.2) is 0 Å². The predicted octanol–water partition coefficient (Wildman–Crippen LogP) is 3.40. The third-order valence-electron chi connectivity index (χ3n) is 2.97. The molecular weight excluding hydrogens is 330 g/mol. The minimum absolute atomic E-state index is 0.337. The fraction of sp³-hybridized carbons (Fsp3) is 0.385. The van der Waals surface area contributed by atoms with E-state index >= 15 is 0 Å². The zero-order valence-corrected chi connectivity index (χ0v) is 13.2. The predicted molar refractivity (Wildman–Crippen MR) is 79.3 cm³/mol. The Balaban J connectivity index is 2.49. The molecule has 102 valence electrons. The van der Waals surface area contributed by atoms with Crippen LogP contribution >= 0.6 is 27.5 Å². The van der Waals surface area contributed by atoms with Gasteiger partial charge >= 0.3 is 0 Å². The van der Waals surface area contributed by atoms with Gasteiger partial charge in [0.05, 0.1) is 12.5 Å². The number of nitrogens with zero attached hydrogens (tertiary/aromatic N) is 3. The molecule has 0 aliphatic carbocycles. The lowest BCUT2D eigenvalue weighted by atomic mass is 10.1. The second kappa shape index (κ2) is 6.50. The Kier molecular flexibility index (Phi) is 4.96. The molecule has 1 aromatic carbocycles. The van der Waals surface area contributed by atoms with Crippen LogP contribution in [0.3, 0.4) is 0 Å². The minimum Gasteiger partial charge on any atom is -0.383 e. The molecule has 2 rings (SSSR count). The van der Waals surface area contributed by atoms with Gasteiger partial charge in [-0.3, -0.25) is 0 Å². The Hall–Kier alpha value is -0.910. The van der Waals surface area contributed by atoms with Crippen molar-refractivity contribution in [1.82, 2.24) is 14.8 Å². The van der Waals surface area contributed by atoms with Crippen molar-refractivity contribution in [2.24, 2.45) is 0 Å². The van der Waals surface area contributed by atoms with Crippen molar-refractivity contribution in [3.8, 4) is 11.4 Å². The summed E-state index contributed by atoms with van der Waals surface area (Å²) in [5.74, 6) is 1.92. The number of hydrogen-bond acceptors (Lipinski definition) is 3. The van der Waals surface area contributed by atoms with Gasteiger partial charge < -0.3 is 9.30 Å². The Bertz CT molecular complexity index is 571. The number of alkyl halides is 1. The molecule has 0 unspecified atom stereocenters. The molecule has 0 radical (unpaired) electrons. The molecule has 4 nitrogen and oxygen atoms in total. The van der Waals surface area contributed by atoms with Gasteiger partial charge in [-0.2, -0.15) is 0 Å². The summed E-state index contributed by atoms with van der Waals surface area (Å²) in [6, 6.07) is 6.03. The van der Waals surface area contributed by atoms with Gasteiger partial charge in [-0.1, -0.05) is 28.1 Å². The van der Waals surface area contributed by atoms with Gasteiger partial charge in [0.1, 0.15) is 5.82 Å². The van der Waals surface area contributed by atoms with Gasteiger partial charge in [0.2, 0.25) is 0 Å². The number of benzene rings is 1. The van der Waals surface area contributed by atoms with Crippen LogP contribution in [0.1, 0.15) is 11.4 Å². The highest BCUT2D eigenvalue weighted by atomic mass is 79.9. The molecule has 6 heteroatoms. The van der Waals surface area contributed by atoms with Crippen LogP contribution in [0.15, 0.2) is 22.7 Å². The van der Waals surface area contributed by atoms with Crippen LogP contribution < -0.4 is 0 Å². The molecule has 2 aromatic rings. The molecule has 0 fully saturated rings. The smallest absolute Gasteiger partial charge is 0.164 e. The summed E-state index contributed by atoms with van der Waals surface area (Å²) >= 11 is 9.45. The van der Waals surface area contributed by atoms with Crippen molar-refractivity contribution < 1.29 is 4.74 Å². The molecule has 0 aliphatic heterocycles. The Morgan fingerprint density at radius 1 is 1.37 bits per heavy atom. The molecular formula is C13H15BrClN3O. The van der Waals surface area contributed by atoms with Crippen molar-refractivity contribution in [1.29, 1.82) is 0 Å². The fourth-order valence-corrected chi connectivity index (χ4v) is 2.46. The highest BCUT2D eigenvalue weighted by Crippen LogP contribution is 2.28. The first-order chi connectivity index (χ1) is 9.19. The molecule has 0 atom stereocenters. The maximum Gasteiger partial charge on any atom is 0.164 e. The number of ether oxygens (including phenoxy) is 1. The van der Waals surface area contributed by atoms with E-state index in [-0.39, 0.29) is 0 Å². The molecule has 0 N–H and O–H groups in total. The number of rotatable bonds is 5. The van der Waals surface area contributed by atoms with Gasteiger partial charge in [-0.15, -0.1) is 21.8 Å². The second-order valence-electron chi connectivity index (χ2n) is 4.13. The Morgan fingerprint density at radius 3 is 2.84 bits per heavy atom. The normalized spacial score (nSPS) is 10.9. The lowest BCUT2D eigenvalue weighted by Gasteiger charge is -2.11. The quantitative estimate of drug-likeness (QED) is 0.781. The highest BCUT2D eigenvalue weighted by molar-refractivity contribution is 9.10. The molecule has 0 saturated heterocycles. The lowest BCUT2D eigenvalue weighted by molar-refractivity contribution is 0.187. The van der Waals surface area contributed by atoms with E-state index in [1.54, 1.807) is 7.11 Å². The van der Waals surface area contributed by atoms with Crippen LogP contribution in [-0.4, -0.2) is 28.5 Å². The largest absolute Gasteiger partial charge is 0.383 e.